The second-order valence-electron chi connectivity index (χ2n) is 4.47. The lowest BCUT2D eigenvalue weighted by Crippen LogP contribution is -2.20. The molecule has 0 saturated heterocycles. The van der Waals surface area contributed by atoms with E-state index in [4.69, 9.17) is 21.1 Å². The molecule has 5 heteroatoms. The first kappa shape index (κ1) is 15.2. The van der Waals surface area contributed by atoms with Crippen LogP contribution >= 0.6 is 11.6 Å². The fourth-order valence-corrected chi connectivity index (χ4v) is 1.97. The fraction of sp³-hybridized carbons (Fsp3) is 0.188. The third-order valence-electron chi connectivity index (χ3n) is 2.83. The Bertz CT molecular complexity index is 643. The Morgan fingerprint density at radius 3 is 2.71 bits per heavy atom. The third-order valence-corrected chi connectivity index (χ3v) is 3.14. The van der Waals surface area contributed by atoms with E-state index < -0.39 is 0 Å². The summed E-state index contributed by atoms with van der Waals surface area (Å²) in [5, 5.41) is 3.21. The second-order valence-corrected chi connectivity index (χ2v) is 4.88. The van der Waals surface area contributed by atoms with Crippen molar-refractivity contribution in [3.8, 4) is 11.5 Å². The average Bonchev–Trinajstić information content (AvgIpc) is 2.49. The Morgan fingerprint density at radius 1 is 1.19 bits per heavy atom. The summed E-state index contributed by atoms with van der Waals surface area (Å²) in [5.41, 5.74) is 1.61. The molecular formula is C16H16ClNO3. The molecule has 0 radical (unpaired) electrons. The Hall–Kier alpha value is -2.20. The maximum absolute atomic E-state index is 11.9. The van der Waals surface area contributed by atoms with Crippen LogP contribution < -0.4 is 14.8 Å². The molecule has 0 fully saturated rings. The van der Waals surface area contributed by atoms with Crippen LogP contribution in [0.2, 0.25) is 5.02 Å². The Kier molecular flexibility index (Phi) is 5.06. The number of hydrogen-bond donors (Lipinski definition) is 1. The largest absolute Gasteiger partial charge is 0.495 e. The number of ether oxygens (including phenoxy) is 2. The van der Waals surface area contributed by atoms with Gasteiger partial charge in [0.05, 0.1) is 17.8 Å². The van der Waals surface area contributed by atoms with E-state index in [-0.39, 0.29) is 12.5 Å². The van der Waals surface area contributed by atoms with Crippen LogP contribution in [-0.2, 0) is 4.79 Å². The molecule has 0 spiro atoms. The van der Waals surface area contributed by atoms with E-state index in [1.165, 1.54) is 0 Å². The number of hydrogen-bond acceptors (Lipinski definition) is 3. The molecule has 2 aromatic carbocycles. The van der Waals surface area contributed by atoms with Crippen molar-refractivity contribution in [1.82, 2.24) is 0 Å². The molecule has 2 aromatic rings. The average molecular weight is 306 g/mol. The van der Waals surface area contributed by atoms with Gasteiger partial charge in [-0.05, 0) is 36.8 Å². The van der Waals surface area contributed by atoms with Gasteiger partial charge in [0, 0.05) is 0 Å². The smallest absolute Gasteiger partial charge is 0.262 e. The molecule has 0 heterocycles. The molecule has 0 bridgehead atoms. The number of nitrogens with one attached hydrogen (secondary N) is 1. The zero-order valence-electron chi connectivity index (χ0n) is 11.9. The van der Waals surface area contributed by atoms with Gasteiger partial charge in [-0.25, -0.2) is 0 Å². The molecule has 21 heavy (non-hydrogen) atoms. The highest BCUT2D eigenvalue weighted by Crippen LogP contribution is 2.26. The molecule has 1 N–H and O–H groups in total. The van der Waals surface area contributed by atoms with Crippen LogP contribution in [0, 0.1) is 6.92 Å². The Balaban J connectivity index is 1.97. The van der Waals surface area contributed by atoms with Gasteiger partial charge in [0.25, 0.3) is 5.91 Å². The summed E-state index contributed by atoms with van der Waals surface area (Å²) >= 11 is 6.01. The van der Waals surface area contributed by atoms with Gasteiger partial charge in [0.2, 0.25) is 0 Å². The van der Waals surface area contributed by atoms with Crippen molar-refractivity contribution in [2.45, 2.75) is 6.92 Å². The topological polar surface area (TPSA) is 47.6 Å². The minimum Gasteiger partial charge on any atom is -0.495 e. The summed E-state index contributed by atoms with van der Waals surface area (Å²) in [6, 6.07) is 12.6. The summed E-state index contributed by atoms with van der Waals surface area (Å²) in [6.45, 7) is 1.80. The number of methoxy groups -OCH3 is 1. The molecule has 2 rings (SSSR count). The maximum atomic E-state index is 11.9. The van der Waals surface area contributed by atoms with Crippen molar-refractivity contribution in [2.24, 2.45) is 0 Å². The number of rotatable bonds is 5. The van der Waals surface area contributed by atoms with Gasteiger partial charge < -0.3 is 14.8 Å². The predicted molar refractivity (Wildman–Crippen MR) is 83.3 cm³/mol. The van der Waals surface area contributed by atoms with Crippen LogP contribution in [0.3, 0.4) is 0 Å². The molecule has 1 amide bonds. The molecule has 110 valence electrons. The van der Waals surface area contributed by atoms with Crippen LogP contribution in [-0.4, -0.2) is 19.6 Å². The number of carbonyl (C=O) groups excluding carboxylic acids is 1. The molecule has 0 atom stereocenters. The maximum Gasteiger partial charge on any atom is 0.262 e. The van der Waals surface area contributed by atoms with Crippen molar-refractivity contribution < 1.29 is 14.3 Å². The Labute approximate surface area is 128 Å². The Morgan fingerprint density at radius 2 is 1.95 bits per heavy atom. The summed E-state index contributed by atoms with van der Waals surface area (Å²) in [7, 11) is 1.55. The highest BCUT2D eigenvalue weighted by molar-refractivity contribution is 6.32. The number of para-hydroxylation sites is 2. The van der Waals surface area contributed by atoms with Crippen LogP contribution in [0.1, 0.15) is 5.56 Å². The normalized spacial score (nSPS) is 10.0. The third kappa shape index (κ3) is 4.13. The minimum absolute atomic E-state index is 0.124. The molecule has 0 aliphatic carbocycles. The molecule has 0 aliphatic heterocycles. The van der Waals surface area contributed by atoms with Crippen molar-refractivity contribution in [2.75, 3.05) is 19.0 Å². The van der Waals surface area contributed by atoms with Gasteiger partial charge in [-0.1, -0.05) is 29.8 Å². The van der Waals surface area contributed by atoms with Crippen LogP contribution in [0.5, 0.6) is 11.5 Å². The van der Waals surface area contributed by atoms with Gasteiger partial charge in [-0.15, -0.1) is 0 Å². The van der Waals surface area contributed by atoms with Crippen molar-refractivity contribution in [1.29, 1.82) is 0 Å². The monoisotopic (exact) mass is 305 g/mol. The second kappa shape index (κ2) is 6.99. The van der Waals surface area contributed by atoms with E-state index in [1.807, 2.05) is 25.1 Å². The predicted octanol–water partition coefficient (Wildman–Crippen LogP) is 3.67. The molecular weight excluding hydrogens is 290 g/mol. The summed E-state index contributed by atoms with van der Waals surface area (Å²) in [4.78, 5) is 11.9. The number of carbonyl (C=O) groups is 1. The lowest BCUT2D eigenvalue weighted by atomic mass is 10.2. The lowest BCUT2D eigenvalue weighted by Gasteiger charge is -2.11. The van der Waals surface area contributed by atoms with Crippen molar-refractivity contribution in [3.05, 3.63) is 53.1 Å². The van der Waals surface area contributed by atoms with E-state index in [1.54, 1.807) is 31.4 Å². The number of aryl methyl sites for hydroxylation is 1. The summed E-state index contributed by atoms with van der Waals surface area (Å²) in [5.74, 6) is 0.809. The van der Waals surface area contributed by atoms with Crippen LogP contribution in [0.25, 0.3) is 0 Å². The first-order valence-electron chi connectivity index (χ1n) is 6.42. The number of benzene rings is 2. The highest BCUT2D eigenvalue weighted by atomic mass is 35.5. The van der Waals surface area contributed by atoms with E-state index in [2.05, 4.69) is 5.32 Å². The zero-order chi connectivity index (χ0) is 15.2. The number of halogens is 1. The van der Waals surface area contributed by atoms with Crippen LogP contribution in [0.15, 0.2) is 42.5 Å². The number of amides is 1. The lowest BCUT2D eigenvalue weighted by molar-refractivity contribution is -0.118. The van der Waals surface area contributed by atoms with E-state index in [0.717, 1.165) is 5.56 Å². The summed E-state index contributed by atoms with van der Waals surface area (Å²) < 4.78 is 10.6. The van der Waals surface area contributed by atoms with Gasteiger partial charge in [-0.3, -0.25) is 4.79 Å². The number of anilines is 1. The van der Waals surface area contributed by atoms with E-state index >= 15 is 0 Å². The van der Waals surface area contributed by atoms with Gasteiger partial charge >= 0.3 is 0 Å². The van der Waals surface area contributed by atoms with Crippen molar-refractivity contribution >= 4 is 23.2 Å². The first-order valence-corrected chi connectivity index (χ1v) is 6.80. The molecule has 4 nitrogen and oxygen atoms in total. The quantitative estimate of drug-likeness (QED) is 0.916. The molecule has 0 unspecified atom stereocenters. The summed E-state index contributed by atoms with van der Waals surface area (Å²) in [6.07, 6.45) is 0. The fourth-order valence-electron chi connectivity index (χ4n) is 1.80. The first-order chi connectivity index (χ1) is 10.1. The van der Waals surface area contributed by atoms with E-state index in [9.17, 15) is 4.79 Å². The molecule has 0 aliphatic rings. The van der Waals surface area contributed by atoms with Gasteiger partial charge in [0.1, 0.15) is 11.5 Å². The SMILES string of the molecule is COc1ccccc1NC(=O)COc1cc(C)ccc1Cl. The van der Waals surface area contributed by atoms with Crippen LogP contribution in [0.4, 0.5) is 5.69 Å². The van der Waals surface area contributed by atoms with Crippen molar-refractivity contribution in [3.63, 3.8) is 0 Å². The molecule has 0 saturated carbocycles. The zero-order valence-corrected chi connectivity index (χ0v) is 12.6. The minimum atomic E-state index is -0.280. The standard InChI is InChI=1S/C16H16ClNO3/c1-11-7-8-12(17)15(9-11)21-10-16(19)18-13-5-3-4-6-14(13)20-2/h3-9H,10H2,1-2H3,(H,18,19). The molecule has 0 aromatic heterocycles. The van der Waals surface area contributed by atoms with E-state index in [0.29, 0.717) is 22.2 Å². The van der Waals surface area contributed by atoms with Gasteiger partial charge in [0.15, 0.2) is 6.61 Å². The highest BCUT2D eigenvalue weighted by Gasteiger charge is 2.09. The van der Waals surface area contributed by atoms with Gasteiger partial charge in [-0.2, -0.15) is 0 Å².